The largest absolute Gasteiger partial charge is 0.494 e. The summed E-state index contributed by atoms with van der Waals surface area (Å²) in [6.07, 6.45) is 9.60. The standard InChI is InChI=1S/C20H28N2O/c21-15-17-7-9-20(10-8-17)23-14-4-3-12-22-13-11-18-5-1-2-6-19(18)16-22/h7-10,18-19H,1-6,11-14,16H2. The number of hydrogen-bond donors (Lipinski definition) is 0. The first-order valence-corrected chi connectivity index (χ1v) is 9.20. The van der Waals surface area contributed by atoms with E-state index in [1.54, 1.807) is 0 Å². The Hall–Kier alpha value is -1.53. The van der Waals surface area contributed by atoms with E-state index in [0.717, 1.165) is 30.6 Å². The van der Waals surface area contributed by atoms with E-state index >= 15 is 0 Å². The van der Waals surface area contributed by atoms with Gasteiger partial charge in [-0.05, 0) is 74.9 Å². The maximum absolute atomic E-state index is 8.78. The van der Waals surface area contributed by atoms with Gasteiger partial charge in [0.25, 0.3) is 0 Å². The van der Waals surface area contributed by atoms with Crippen LogP contribution in [0.25, 0.3) is 0 Å². The fourth-order valence-corrected chi connectivity index (χ4v) is 4.13. The molecule has 0 bridgehead atoms. The van der Waals surface area contributed by atoms with Gasteiger partial charge in [0.2, 0.25) is 0 Å². The summed E-state index contributed by atoms with van der Waals surface area (Å²) in [6.45, 7) is 4.63. The Morgan fingerprint density at radius 1 is 1.04 bits per heavy atom. The molecule has 23 heavy (non-hydrogen) atoms. The number of piperidine rings is 1. The molecule has 124 valence electrons. The summed E-state index contributed by atoms with van der Waals surface area (Å²) in [5.74, 6) is 2.87. The first-order valence-electron chi connectivity index (χ1n) is 9.20. The van der Waals surface area contributed by atoms with Gasteiger partial charge in [-0.3, -0.25) is 0 Å². The molecular formula is C20H28N2O. The number of ether oxygens (including phenoxy) is 1. The van der Waals surface area contributed by atoms with Crippen molar-refractivity contribution in [2.24, 2.45) is 11.8 Å². The van der Waals surface area contributed by atoms with Gasteiger partial charge < -0.3 is 9.64 Å². The molecule has 3 nitrogen and oxygen atoms in total. The molecule has 0 N–H and O–H groups in total. The number of fused-ring (bicyclic) bond motifs is 1. The van der Waals surface area contributed by atoms with Crippen molar-refractivity contribution >= 4 is 0 Å². The van der Waals surface area contributed by atoms with Crippen molar-refractivity contribution in [1.82, 2.24) is 4.90 Å². The Morgan fingerprint density at radius 2 is 1.83 bits per heavy atom. The van der Waals surface area contributed by atoms with Gasteiger partial charge >= 0.3 is 0 Å². The van der Waals surface area contributed by atoms with Gasteiger partial charge in [-0.2, -0.15) is 5.26 Å². The number of benzene rings is 1. The number of nitrogens with zero attached hydrogens (tertiary/aromatic N) is 2. The molecule has 0 radical (unpaired) electrons. The second-order valence-corrected chi connectivity index (χ2v) is 7.09. The molecule has 2 unspecified atom stereocenters. The van der Waals surface area contributed by atoms with Crippen molar-refractivity contribution in [3.63, 3.8) is 0 Å². The van der Waals surface area contributed by atoms with Gasteiger partial charge in [-0.15, -0.1) is 0 Å². The zero-order valence-corrected chi connectivity index (χ0v) is 14.0. The van der Waals surface area contributed by atoms with Gasteiger partial charge in [-0.25, -0.2) is 0 Å². The summed E-state index contributed by atoms with van der Waals surface area (Å²) >= 11 is 0. The number of unbranched alkanes of at least 4 members (excludes halogenated alkanes) is 1. The molecule has 1 saturated carbocycles. The lowest BCUT2D eigenvalue weighted by molar-refractivity contribution is 0.0849. The van der Waals surface area contributed by atoms with Crippen LogP contribution in [0.4, 0.5) is 0 Å². The van der Waals surface area contributed by atoms with Crippen LogP contribution in [0, 0.1) is 23.2 Å². The van der Waals surface area contributed by atoms with Crippen LogP contribution < -0.4 is 4.74 Å². The fourth-order valence-electron chi connectivity index (χ4n) is 4.13. The SMILES string of the molecule is N#Cc1ccc(OCCCCN2CCC3CCCCC3C2)cc1. The second kappa shape index (κ2) is 8.36. The number of rotatable bonds is 6. The molecule has 3 rings (SSSR count). The number of likely N-dealkylation sites (tertiary alicyclic amines) is 1. The number of nitriles is 1. The maximum atomic E-state index is 8.78. The van der Waals surface area contributed by atoms with Crippen LogP contribution in [0.2, 0.25) is 0 Å². The van der Waals surface area contributed by atoms with E-state index < -0.39 is 0 Å². The average molecular weight is 312 g/mol. The molecule has 1 heterocycles. The van der Waals surface area contributed by atoms with Crippen molar-refractivity contribution in [1.29, 1.82) is 5.26 Å². The monoisotopic (exact) mass is 312 g/mol. The molecule has 1 aliphatic heterocycles. The second-order valence-electron chi connectivity index (χ2n) is 7.09. The van der Waals surface area contributed by atoms with Crippen molar-refractivity contribution in [3.05, 3.63) is 29.8 Å². The summed E-state index contributed by atoms with van der Waals surface area (Å²) in [5.41, 5.74) is 0.684. The lowest BCUT2D eigenvalue weighted by Crippen LogP contribution is -2.42. The summed E-state index contributed by atoms with van der Waals surface area (Å²) in [6, 6.07) is 9.51. The van der Waals surface area contributed by atoms with E-state index in [4.69, 9.17) is 10.00 Å². The highest BCUT2D eigenvalue weighted by atomic mass is 16.5. The minimum absolute atomic E-state index is 0.684. The average Bonchev–Trinajstić information content (AvgIpc) is 2.62. The molecule has 2 aliphatic rings. The van der Waals surface area contributed by atoms with Crippen molar-refractivity contribution in [3.8, 4) is 11.8 Å². The molecule has 1 aromatic rings. The van der Waals surface area contributed by atoms with E-state index in [0.29, 0.717) is 5.56 Å². The molecule has 0 spiro atoms. The fraction of sp³-hybridized carbons (Fsp3) is 0.650. The zero-order chi connectivity index (χ0) is 15.9. The summed E-state index contributed by atoms with van der Waals surface area (Å²) in [5, 5.41) is 8.78. The lowest BCUT2D eigenvalue weighted by atomic mass is 9.75. The van der Waals surface area contributed by atoms with Crippen LogP contribution in [-0.2, 0) is 0 Å². The number of hydrogen-bond acceptors (Lipinski definition) is 3. The van der Waals surface area contributed by atoms with Gasteiger partial charge in [0.05, 0.1) is 18.2 Å². The van der Waals surface area contributed by atoms with Crippen molar-refractivity contribution < 1.29 is 4.74 Å². The predicted octanol–water partition coefficient (Wildman–Crippen LogP) is 4.23. The third-order valence-electron chi connectivity index (χ3n) is 5.50. The minimum Gasteiger partial charge on any atom is -0.494 e. The zero-order valence-electron chi connectivity index (χ0n) is 14.0. The van der Waals surface area contributed by atoms with Crippen LogP contribution >= 0.6 is 0 Å². The summed E-state index contributed by atoms with van der Waals surface area (Å²) in [7, 11) is 0. The Balaban J connectivity index is 1.30. The molecular weight excluding hydrogens is 284 g/mol. The van der Waals surface area contributed by atoms with Gasteiger partial charge in [0.15, 0.2) is 0 Å². The highest BCUT2D eigenvalue weighted by Gasteiger charge is 2.30. The normalized spacial score (nSPS) is 24.7. The molecule has 2 atom stereocenters. The molecule has 0 amide bonds. The Labute approximate surface area is 140 Å². The van der Waals surface area contributed by atoms with Crippen molar-refractivity contribution in [2.45, 2.75) is 44.9 Å². The van der Waals surface area contributed by atoms with Crippen molar-refractivity contribution in [2.75, 3.05) is 26.2 Å². The third-order valence-corrected chi connectivity index (χ3v) is 5.50. The van der Waals surface area contributed by atoms with Crippen LogP contribution in [0.1, 0.15) is 50.5 Å². The highest BCUT2D eigenvalue weighted by molar-refractivity contribution is 5.34. The predicted molar refractivity (Wildman–Crippen MR) is 92.4 cm³/mol. The first kappa shape index (κ1) is 16.3. The topological polar surface area (TPSA) is 36.3 Å². The quantitative estimate of drug-likeness (QED) is 0.738. The Kier molecular flexibility index (Phi) is 5.93. The van der Waals surface area contributed by atoms with Gasteiger partial charge in [-0.1, -0.05) is 19.3 Å². The molecule has 1 saturated heterocycles. The van der Waals surface area contributed by atoms with E-state index in [2.05, 4.69) is 11.0 Å². The molecule has 0 aromatic heterocycles. The molecule has 2 fully saturated rings. The molecule has 1 aromatic carbocycles. The maximum Gasteiger partial charge on any atom is 0.119 e. The first-order chi connectivity index (χ1) is 11.3. The Morgan fingerprint density at radius 3 is 2.61 bits per heavy atom. The summed E-state index contributed by atoms with van der Waals surface area (Å²) < 4.78 is 5.75. The van der Waals surface area contributed by atoms with Gasteiger partial charge in [0, 0.05) is 6.54 Å². The van der Waals surface area contributed by atoms with E-state index in [9.17, 15) is 0 Å². The molecule has 1 aliphatic carbocycles. The van der Waals surface area contributed by atoms with Crippen LogP contribution in [0.3, 0.4) is 0 Å². The summed E-state index contributed by atoms with van der Waals surface area (Å²) in [4.78, 5) is 2.67. The van der Waals surface area contributed by atoms with E-state index in [-0.39, 0.29) is 0 Å². The third kappa shape index (κ3) is 4.72. The van der Waals surface area contributed by atoms with E-state index in [1.165, 1.54) is 58.2 Å². The van der Waals surface area contributed by atoms with Crippen LogP contribution in [0.15, 0.2) is 24.3 Å². The minimum atomic E-state index is 0.684. The van der Waals surface area contributed by atoms with Crippen LogP contribution in [-0.4, -0.2) is 31.1 Å². The smallest absolute Gasteiger partial charge is 0.119 e. The highest BCUT2D eigenvalue weighted by Crippen LogP contribution is 2.35. The molecule has 3 heteroatoms. The lowest BCUT2D eigenvalue weighted by Gasteiger charge is -2.41. The Bertz CT molecular complexity index is 519. The van der Waals surface area contributed by atoms with Crippen LogP contribution in [0.5, 0.6) is 5.75 Å². The van der Waals surface area contributed by atoms with Gasteiger partial charge in [0.1, 0.15) is 5.75 Å². The van der Waals surface area contributed by atoms with E-state index in [1.807, 2.05) is 24.3 Å².